The number of piperidine rings is 3. The highest BCUT2D eigenvalue weighted by molar-refractivity contribution is 5.89. The molecule has 5 N–H and O–H groups in total. The Balaban J connectivity index is 0.758. The fraction of sp³-hybridized carbons (Fsp3) is 0.314. The van der Waals surface area contributed by atoms with Crippen LogP contribution in [0, 0.1) is 5.92 Å². The fourth-order valence-corrected chi connectivity index (χ4v) is 8.57. The Bertz CT molecular complexity index is 2560. The molecule has 1 aromatic heterocycles. The second-order valence-electron chi connectivity index (χ2n) is 16.7. The van der Waals surface area contributed by atoms with Gasteiger partial charge in [-0.25, -0.2) is 9.59 Å². The van der Waals surface area contributed by atoms with Gasteiger partial charge < -0.3 is 40.0 Å². The van der Waals surface area contributed by atoms with Crippen molar-refractivity contribution in [3.63, 3.8) is 0 Å². The summed E-state index contributed by atoms with van der Waals surface area (Å²) in [6.45, 7) is 5.54. The Labute approximate surface area is 372 Å². The second-order valence-corrected chi connectivity index (χ2v) is 16.7. The molecular formula is C51H55N5O8. The SMILES string of the molecule is CN(CCOC(=O)c1ccc(COc2cccc(C(NC(=O)O[C@H]3CN4CCC3CC4)c3ccccc3)c2)cc1)Cc1ccc(CNCC(O)c2ccc(O)c3[nH]c(=O)ccc23)cc1. The number of H-pyrrole nitrogens is 1. The molecule has 0 aliphatic carbocycles. The molecule has 3 saturated heterocycles. The summed E-state index contributed by atoms with van der Waals surface area (Å²) >= 11 is 0. The van der Waals surface area contributed by atoms with Crippen LogP contribution in [0.3, 0.4) is 0 Å². The number of aromatic hydroxyl groups is 1. The van der Waals surface area contributed by atoms with Gasteiger partial charge in [0, 0.05) is 44.2 Å². The van der Waals surface area contributed by atoms with Crippen LogP contribution in [0.25, 0.3) is 10.9 Å². The van der Waals surface area contributed by atoms with Crippen molar-refractivity contribution in [2.24, 2.45) is 5.92 Å². The molecule has 0 radical (unpaired) electrons. The highest BCUT2D eigenvalue weighted by Crippen LogP contribution is 2.32. The highest BCUT2D eigenvalue weighted by atomic mass is 16.6. The summed E-state index contributed by atoms with van der Waals surface area (Å²) in [6, 6.07) is 38.6. The summed E-state index contributed by atoms with van der Waals surface area (Å²) in [5.74, 6) is 0.635. The van der Waals surface area contributed by atoms with E-state index in [0.717, 1.165) is 60.3 Å². The number of hydrogen-bond donors (Lipinski definition) is 5. The average Bonchev–Trinajstić information content (AvgIpc) is 3.32. The van der Waals surface area contributed by atoms with E-state index in [4.69, 9.17) is 14.2 Å². The highest BCUT2D eigenvalue weighted by Gasteiger charge is 2.37. The standard InChI is InChI=1S/C51H55N5O8/c1-55(31-35-12-10-34(11-13-35)29-52-30-45(58)42-18-20-44(57)49-43(42)19-21-47(59)53-49)26-27-62-50(60)39-16-14-36(15-17-39)33-63-41-9-5-8-40(28-41)48(38-6-3-2-4-7-38)54-51(61)64-46-32-56-24-22-37(46)23-25-56/h2-21,28,37,45-46,48,52,57-58H,22-27,29-33H2,1H3,(H,53,59)(H,54,61)/t45?,46-,48?/m0/s1. The number of aliphatic hydroxyl groups excluding tert-OH is 1. The molecule has 9 rings (SSSR count). The maximum Gasteiger partial charge on any atom is 0.408 e. The number of pyridine rings is 1. The number of aliphatic hydroxyl groups is 1. The number of phenols is 1. The number of nitrogens with zero attached hydrogens (tertiary/aromatic N) is 2. The molecule has 3 atom stereocenters. The molecule has 5 aromatic carbocycles. The van der Waals surface area contributed by atoms with E-state index in [9.17, 15) is 24.6 Å². The number of fused-ring (bicyclic) bond motifs is 4. The molecule has 3 aliphatic heterocycles. The lowest BCUT2D eigenvalue weighted by Gasteiger charge is -2.43. The lowest BCUT2D eigenvalue weighted by molar-refractivity contribution is -0.0336. The molecule has 2 unspecified atom stereocenters. The van der Waals surface area contributed by atoms with E-state index in [1.165, 1.54) is 12.1 Å². The van der Waals surface area contributed by atoms with Gasteiger partial charge in [0.15, 0.2) is 0 Å². The van der Waals surface area contributed by atoms with E-state index >= 15 is 0 Å². The zero-order chi connectivity index (χ0) is 44.4. The molecule has 6 aromatic rings. The van der Waals surface area contributed by atoms with Crippen LogP contribution in [0.2, 0.25) is 0 Å². The lowest BCUT2D eigenvalue weighted by Crippen LogP contribution is -2.52. The number of esters is 1. The van der Waals surface area contributed by atoms with Crippen LogP contribution in [0.5, 0.6) is 11.5 Å². The Morgan fingerprint density at radius 2 is 1.59 bits per heavy atom. The Kier molecular flexibility index (Phi) is 14.3. The molecule has 0 saturated carbocycles. The summed E-state index contributed by atoms with van der Waals surface area (Å²) in [5, 5.41) is 28.0. The molecule has 1 amide bonds. The number of carbonyl (C=O) groups is 2. The second kappa shape index (κ2) is 20.8. The monoisotopic (exact) mass is 865 g/mol. The molecule has 332 valence electrons. The first-order valence-corrected chi connectivity index (χ1v) is 21.9. The number of phenolic OH excluding ortho intramolecular Hbond substituents is 1. The third-order valence-electron chi connectivity index (χ3n) is 12.2. The minimum absolute atomic E-state index is 0.0447. The van der Waals surface area contributed by atoms with Crippen LogP contribution in [0.15, 0.2) is 132 Å². The van der Waals surface area contributed by atoms with Crippen LogP contribution in [0.1, 0.15) is 68.7 Å². The number of rotatable bonds is 18. The van der Waals surface area contributed by atoms with Gasteiger partial charge in [-0.1, -0.05) is 84.9 Å². The third kappa shape index (κ3) is 11.3. The Morgan fingerprint density at radius 1 is 0.859 bits per heavy atom. The number of carbonyl (C=O) groups excluding carboxylic acids is 2. The van der Waals surface area contributed by atoms with E-state index in [-0.39, 0.29) is 30.6 Å². The maximum absolute atomic E-state index is 13.2. The largest absolute Gasteiger partial charge is 0.506 e. The van der Waals surface area contributed by atoms with E-state index in [0.29, 0.717) is 59.9 Å². The zero-order valence-corrected chi connectivity index (χ0v) is 36.0. The van der Waals surface area contributed by atoms with Crippen LogP contribution in [-0.4, -0.2) is 89.5 Å². The predicted molar refractivity (Wildman–Crippen MR) is 244 cm³/mol. The normalized spacial score (nSPS) is 17.8. The number of alkyl carbamates (subject to hydrolysis) is 1. The lowest BCUT2D eigenvalue weighted by atomic mass is 9.86. The van der Waals surface area contributed by atoms with Crippen molar-refractivity contribution in [3.8, 4) is 11.5 Å². The number of aromatic amines is 1. The average molecular weight is 866 g/mol. The third-order valence-corrected chi connectivity index (χ3v) is 12.2. The van der Waals surface area contributed by atoms with Crippen molar-refractivity contribution in [3.05, 3.63) is 177 Å². The minimum atomic E-state index is -0.839. The summed E-state index contributed by atoms with van der Waals surface area (Å²) in [6.07, 6.45) is 0.786. The van der Waals surface area contributed by atoms with Gasteiger partial charge in [-0.2, -0.15) is 0 Å². The summed E-state index contributed by atoms with van der Waals surface area (Å²) in [7, 11) is 1.98. The van der Waals surface area contributed by atoms with Crippen molar-refractivity contribution in [2.75, 3.05) is 46.4 Å². The molecule has 0 spiro atoms. The molecule has 64 heavy (non-hydrogen) atoms. The summed E-state index contributed by atoms with van der Waals surface area (Å²) in [5.41, 5.74) is 5.92. The number of likely N-dealkylation sites (N-methyl/N-ethyl adjacent to an activating group) is 1. The smallest absolute Gasteiger partial charge is 0.408 e. The van der Waals surface area contributed by atoms with Crippen LogP contribution in [-0.2, 0) is 29.2 Å². The fourth-order valence-electron chi connectivity index (χ4n) is 8.57. The topological polar surface area (TPSA) is 166 Å². The van der Waals surface area contributed by atoms with Gasteiger partial charge in [0.2, 0.25) is 5.56 Å². The van der Waals surface area contributed by atoms with Crippen LogP contribution < -0.4 is 20.9 Å². The van der Waals surface area contributed by atoms with Crippen LogP contribution in [0.4, 0.5) is 4.79 Å². The van der Waals surface area contributed by atoms with Gasteiger partial charge in [-0.15, -0.1) is 0 Å². The van der Waals surface area contributed by atoms with Crippen molar-refractivity contribution in [1.29, 1.82) is 0 Å². The van der Waals surface area contributed by atoms with Gasteiger partial charge in [-0.05, 0) is 109 Å². The molecule has 13 heteroatoms. The number of benzene rings is 5. The molecule has 4 heterocycles. The van der Waals surface area contributed by atoms with Crippen molar-refractivity contribution in [2.45, 2.75) is 50.8 Å². The Morgan fingerprint density at radius 3 is 2.34 bits per heavy atom. The first kappa shape index (κ1) is 44.1. The molecule has 3 fully saturated rings. The van der Waals surface area contributed by atoms with Gasteiger partial charge in [-0.3, -0.25) is 14.6 Å². The summed E-state index contributed by atoms with van der Waals surface area (Å²) < 4.78 is 17.8. The van der Waals surface area contributed by atoms with Crippen molar-refractivity contribution in [1.82, 2.24) is 25.4 Å². The molecule has 13 nitrogen and oxygen atoms in total. The summed E-state index contributed by atoms with van der Waals surface area (Å²) in [4.78, 5) is 44.9. The number of hydrogen-bond acceptors (Lipinski definition) is 11. The Hall–Kier alpha value is -6.51. The molecule has 2 bridgehead atoms. The van der Waals surface area contributed by atoms with E-state index < -0.39 is 24.2 Å². The van der Waals surface area contributed by atoms with Crippen molar-refractivity contribution >= 4 is 23.0 Å². The van der Waals surface area contributed by atoms with Gasteiger partial charge in [0.1, 0.15) is 30.8 Å². The molecular weight excluding hydrogens is 811 g/mol. The van der Waals surface area contributed by atoms with Gasteiger partial charge in [0.05, 0.1) is 23.2 Å². The van der Waals surface area contributed by atoms with E-state index in [1.54, 1.807) is 24.3 Å². The zero-order valence-electron chi connectivity index (χ0n) is 36.0. The predicted octanol–water partition coefficient (Wildman–Crippen LogP) is 6.83. The van der Waals surface area contributed by atoms with E-state index in [1.807, 2.05) is 85.9 Å². The quantitative estimate of drug-likeness (QED) is 0.0575. The van der Waals surface area contributed by atoms with Gasteiger partial charge in [0.25, 0.3) is 0 Å². The number of ether oxygens (including phenoxy) is 3. The van der Waals surface area contributed by atoms with E-state index in [2.05, 4.69) is 37.6 Å². The van der Waals surface area contributed by atoms with Crippen LogP contribution >= 0.6 is 0 Å². The number of amides is 1. The van der Waals surface area contributed by atoms with Gasteiger partial charge >= 0.3 is 12.1 Å². The minimum Gasteiger partial charge on any atom is -0.506 e. The maximum atomic E-state index is 13.2. The van der Waals surface area contributed by atoms with Crippen molar-refractivity contribution < 1.29 is 34.0 Å². The number of aromatic nitrogens is 1. The first-order valence-electron chi connectivity index (χ1n) is 21.9. The first-order chi connectivity index (χ1) is 31.1. The number of nitrogens with one attached hydrogen (secondary N) is 3. The molecule has 3 aliphatic rings.